The number of benzene rings is 1. The summed E-state index contributed by atoms with van der Waals surface area (Å²) in [6.45, 7) is 8.76. The molecule has 4 rings (SSSR count). The summed E-state index contributed by atoms with van der Waals surface area (Å²) in [4.78, 5) is 37.9. The van der Waals surface area contributed by atoms with E-state index in [9.17, 15) is 9.59 Å². The number of carbonyl (C=O) groups is 2. The SMILES string of the molecule is Cc1cnc(C(C(=O)N2CCC[C@H]2C(=O)NCc2ccc(-c3scnc3C)cc2)C(C)C)o1. The van der Waals surface area contributed by atoms with Crippen molar-refractivity contribution in [1.82, 2.24) is 20.2 Å². The fourth-order valence-corrected chi connectivity index (χ4v) is 5.15. The Bertz CT molecular complexity index is 1120. The molecule has 1 fully saturated rings. The van der Waals surface area contributed by atoms with Gasteiger partial charge >= 0.3 is 0 Å². The molecule has 0 bridgehead atoms. The molecule has 3 heterocycles. The first kappa shape index (κ1) is 23.2. The van der Waals surface area contributed by atoms with Gasteiger partial charge in [0, 0.05) is 13.1 Å². The molecule has 3 aromatic rings. The minimum atomic E-state index is -0.491. The third-order valence-corrected chi connectivity index (χ3v) is 7.08. The first-order valence-corrected chi connectivity index (χ1v) is 12.2. The third kappa shape index (κ3) is 5.00. The van der Waals surface area contributed by atoms with Crippen LogP contribution in [0.3, 0.4) is 0 Å². The number of rotatable bonds is 7. The Kier molecular flexibility index (Phi) is 6.93. The van der Waals surface area contributed by atoms with Crippen LogP contribution in [-0.4, -0.2) is 39.3 Å². The van der Waals surface area contributed by atoms with Gasteiger partial charge in [-0.15, -0.1) is 11.3 Å². The van der Waals surface area contributed by atoms with Crippen molar-refractivity contribution in [3.05, 3.63) is 58.9 Å². The van der Waals surface area contributed by atoms with Crippen molar-refractivity contribution in [3.8, 4) is 10.4 Å². The van der Waals surface area contributed by atoms with Gasteiger partial charge < -0.3 is 14.6 Å². The van der Waals surface area contributed by atoms with E-state index in [4.69, 9.17) is 4.42 Å². The zero-order valence-corrected chi connectivity index (χ0v) is 20.3. The number of amides is 2. The topological polar surface area (TPSA) is 88.3 Å². The first-order valence-electron chi connectivity index (χ1n) is 11.3. The molecule has 1 saturated heterocycles. The van der Waals surface area contributed by atoms with Crippen LogP contribution >= 0.6 is 11.3 Å². The summed E-state index contributed by atoms with van der Waals surface area (Å²) in [6.07, 6.45) is 3.10. The molecule has 7 nitrogen and oxygen atoms in total. The summed E-state index contributed by atoms with van der Waals surface area (Å²) in [5.74, 6) is 0.420. The van der Waals surface area contributed by atoms with Gasteiger partial charge in [0.2, 0.25) is 17.7 Å². The van der Waals surface area contributed by atoms with E-state index in [1.165, 1.54) is 0 Å². The molecule has 1 aromatic carbocycles. The van der Waals surface area contributed by atoms with Gasteiger partial charge in [-0.3, -0.25) is 9.59 Å². The maximum atomic E-state index is 13.4. The van der Waals surface area contributed by atoms with Crippen LogP contribution in [0, 0.1) is 19.8 Å². The van der Waals surface area contributed by atoms with E-state index >= 15 is 0 Å². The van der Waals surface area contributed by atoms with Gasteiger partial charge in [-0.1, -0.05) is 38.1 Å². The standard InChI is InChI=1S/C25H30N4O3S/c1-15(2)21(24-27-12-16(3)32-24)25(31)29-11-5-6-20(29)23(30)26-13-18-7-9-19(10-8-18)22-17(4)28-14-33-22/h7-10,12,14-15,20-21H,5-6,11,13H2,1-4H3,(H,26,30)/t20-,21?/m0/s1. The van der Waals surface area contributed by atoms with Crippen molar-refractivity contribution in [3.63, 3.8) is 0 Å². The van der Waals surface area contributed by atoms with E-state index < -0.39 is 12.0 Å². The van der Waals surface area contributed by atoms with Gasteiger partial charge in [-0.05, 0) is 43.7 Å². The van der Waals surface area contributed by atoms with Gasteiger partial charge in [0.1, 0.15) is 17.7 Å². The summed E-state index contributed by atoms with van der Waals surface area (Å²) < 4.78 is 5.67. The largest absolute Gasteiger partial charge is 0.445 e. The molecule has 1 aliphatic heterocycles. The lowest BCUT2D eigenvalue weighted by Gasteiger charge is -2.28. The van der Waals surface area contributed by atoms with Gasteiger partial charge in [0.25, 0.3) is 0 Å². The predicted octanol–water partition coefficient (Wildman–Crippen LogP) is 4.46. The normalized spacial score (nSPS) is 16.9. The molecule has 2 amide bonds. The average molecular weight is 467 g/mol. The number of likely N-dealkylation sites (tertiary alicyclic amines) is 1. The first-order chi connectivity index (χ1) is 15.8. The lowest BCUT2D eigenvalue weighted by Crippen LogP contribution is -2.48. The quantitative estimate of drug-likeness (QED) is 0.555. The molecule has 8 heteroatoms. The molecule has 1 unspecified atom stereocenters. The van der Waals surface area contributed by atoms with E-state index in [1.54, 1.807) is 22.4 Å². The smallest absolute Gasteiger partial charge is 0.243 e. The lowest BCUT2D eigenvalue weighted by atomic mass is 9.93. The summed E-state index contributed by atoms with van der Waals surface area (Å²) in [7, 11) is 0. The second-order valence-corrected chi connectivity index (χ2v) is 9.76. The van der Waals surface area contributed by atoms with E-state index in [2.05, 4.69) is 27.4 Å². The van der Waals surface area contributed by atoms with Crippen molar-refractivity contribution >= 4 is 23.2 Å². The number of aromatic nitrogens is 2. The Hall–Kier alpha value is -3.00. The van der Waals surface area contributed by atoms with Crippen LogP contribution in [0.1, 0.15) is 55.5 Å². The molecule has 2 atom stereocenters. The van der Waals surface area contributed by atoms with Crippen molar-refractivity contribution in [1.29, 1.82) is 0 Å². The van der Waals surface area contributed by atoms with E-state index in [0.717, 1.165) is 28.1 Å². The molecule has 33 heavy (non-hydrogen) atoms. The maximum Gasteiger partial charge on any atom is 0.243 e. The van der Waals surface area contributed by atoms with E-state index in [-0.39, 0.29) is 17.7 Å². The summed E-state index contributed by atoms with van der Waals surface area (Å²) in [6, 6.07) is 7.68. The highest BCUT2D eigenvalue weighted by molar-refractivity contribution is 7.13. The van der Waals surface area contributed by atoms with Gasteiger partial charge in [-0.25, -0.2) is 9.97 Å². The van der Waals surface area contributed by atoms with Gasteiger partial charge in [-0.2, -0.15) is 0 Å². The van der Waals surface area contributed by atoms with Crippen LogP contribution in [0.5, 0.6) is 0 Å². The number of nitrogens with one attached hydrogen (secondary N) is 1. The third-order valence-electron chi connectivity index (χ3n) is 6.10. The van der Waals surface area contributed by atoms with Crippen LogP contribution in [-0.2, 0) is 16.1 Å². The fourth-order valence-electron chi connectivity index (χ4n) is 4.33. The van der Waals surface area contributed by atoms with Crippen LogP contribution in [0.4, 0.5) is 0 Å². The Balaban J connectivity index is 1.40. The van der Waals surface area contributed by atoms with E-state index in [0.29, 0.717) is 31.2 Å². The lowest BCUT2D eigenvalue weighted by molar-refractivity contribution is -0.140. The Morgan fingerprint density at radius 3 is 2.58 bits per heavy atom. The zero-order chi connectivity index (χ0) is 23.5. The Morgan fingerprint density at radius 1 is 1.21 bits per heavy atom. The molecule has 0 saturated carbocycles. The minimum Gasteiger partial charge on any atom is -0.445 e. The number of thiazole rings is 1. The zero-order valence-electron chi connectivity index (χ0n) is 19.5. The highest BCUT2D eigenvalue weighted by atomic mass is 32.1. The van der Waals surface area contributed by atoms with Crippen LogP contribution < -0.4 is 5.32 Å². The molecular weight excluding hydrogens is 436 g/mol. The number of oxazole rings is 1. The Labute approximate surface area is 198 Å². The number of hydrogen-bond acceptors (Lipinski definition) is 6. The highest BCUT2D eigenvalue weighted by Crippen LogP contribution is 2.30. The molecule has 1 N–H and O–H groups in total. The maximum absolute atomic E-state index is 13.4. The minimum absolute atomic E-state index is 0.0144. The average Bonchev–Trinajstić information content (AvgIpc) is 3.53. The predicted molar refractivity (Wildman–Crippen MR) is 128 cm³/mol. The molecule has 2 aromatic heterocycles. The molecule has 0 radical (unpaired) electrons. The van der Waals surface area contributed by atoms with Gasteiger partial charge in [0.05, 0.1) is 22.3 Å². The number of carbonyl (C=O) groups excluding carboxylic acids is 2. The summed E-state index contributed by atoms with van der Waals surface area (Å²) in [5, 5.41) is 3.02. The molecule has 0 aliphatic carbocycles. The number of nitrogens with zero attached hydrogens (tertiary/aromatic N) is 3. The van der Waals surface area contributed by atoms with Crippen LogP contribution in [0.2, 0.25) is 0 Å². The van der Waals surface area contributed by atoms with Crippen molar-refractivity contribution < 1.29 is 14.0 Å². The highest BCUT2D eigenvalue weighted by Gasteiger charge is 2.40. The van der Waals surface area contributed by atoms with Crippen LogP contribution in [0.25, 0.3) is 10.4 Å². The van der Waals surface area contributed by atoms with Gasteiger partial charge in [0.15, 0.2) is 0 Å². The van der Waals surface area contributed by atoms with E-state index in [1.807, 2.05) is 45.3 Å². The molecule has 1 aliphatic rings. The molecule has 174 valence electrons. The summed E-state index contributed by atoms with van der Waals surface area (Å²) >= 11 is 1.62. The van der Waals surface area contributed by atoms with Crippen molar-refractivity contribution in [2.75, 3.05) is 6.54 Å². The second kappa shape index (κ2) is 9.87. The van der Waals surface area contributed by atoms with Crippen molar-refractivity contribution in [2.45, 2.75) is 59.0 Å². The second-order valence-electron chi connectivity index (χ2n) is 8.90. The molecular formula is C25H30N4O3S. The fraction of sp³-hybridized carbons (Fsp3) is 0.440. The number of aryl methyl sites for hydroxylation is 2. The Morgan fingerprint density at radius 2 is 1.97 bits per heavy atom. The summed E-state index contributed by atoms with van der Waals surface area (Å²) in [5.41, 5.74) is 5.01. The number of hydrogen-bond donors (Lipinski definition) is 1. The van der Waals surface area contributed by atoms with Crippen molar-refractivity contribution in [2.24, 2.45) is 5.92 Å². The molecule has 0 spiro atoms. The van der Waals surface area contributed by atoms with Crippen LogP contribution in [0.15, 0.2) is 40.4 Å². The monoisotopic (exact) mass is 466 g/mol.